The fraction of sp³-hybridized carbons (Fsp3) is 0.154. The Morgan fingerprint density at radius 3 is 2.60 bits per heavy atom. The summed E-state index contributed by atoms with van der Waals surface area (Å²) in [5.74, 6) is 0. The Balaban J connectivity index is 2.19. The summed E-state index contributed by atoms with van der Waals surface area (Å²) < 4.78 is 38.9. The molecule has 0 spiro atoms. The van der Waals surface area contributed by atoms with Crippen LogP contribution in [0, 0.1) is 11.3 Å². The van der Waals surface area contributed by atoms with Gasteiger partial charge in [0.05, 0.1) is 23.7 Å². The number of nitriles is 1. The molecule has 0 radical (unpaired) electrons. The molecule has 0 aliphatic rings. The standard InChI is InChI=1S/C13H8BrF3N2S/c14-11-3-4-20-12(11)7-19-9-1-2-10(13(15,16)17)8(5-9)6-18/h1-5,19H,7H2. The largest absolute Gasteiger partial charge is 0.417 e. The Morgan fingerprint density at radius 1 is 1.30 bits per heavy atom. The zero-order valence-electron chi connectivity index (χ0n) is 9.96. The second kappa shape index (κ2) is 5.85. The smallest absolute Gasteiger partial charge is 0.380 e. The number of thiophene rings is 1. The maximum atomic E-state index is 12.7. The van der Waals surface area contributed by atoms with Gasteiger partial charge >= 0.3 is 6.18 Å². The van der Waals surface area contributed by atoms with Crippen LogP contribution in [0.15, 0.2) is 34.1 Å². The van der Waals surface area contributed by atoms with Crippen molar-refractivity contribution in [1.29, 1.82) is 5.26 Å². The molecule has 2 aromatic rings. The number of hydrogen-bond donors (Lipinski definition) is 1. The van der Waals surface area contributed by atoms with Gasteiger partial charge in [-0.1, -0.05) is 0 Å². The lowest BCUT2D eigenvalue weighted by Gasteiger charge is -2.11. The predicted octanol–water partition coefficient (Wildman–Crippen LogP) is 5.01. The number of nitrogens with zero attached hydrogens (tertiary/aromatic N) is 1. The van der Waals surface area contributed by atoms with Gasteiger partial charge in [-0.05, 0) is 45.6 Å². The van der Waals surface area contributed by atoms with Gasteiger partial charge in [0.25, 0.3) is 0 Å². The molecule has 0 saturated heterocycles. The Labute approximate surface area is 126 Å². The van der Waals surface area contributed by atoms with Gasteiger partial charge in [0.2, 0.25) is 0 Å². The van der Waals surface area contributed by atoms with E-state index in [9.17, 15) is 13.2 Å². The van der Waals surface area contributed by atoms with Crippen molar-refractivity contribution in [3.8, 4) is 6.07 Å². The topological polar surface area (TPSA) is 35.8 Å². The molecule has 7 heteroatoms. The minimum absolute atomic E-state index is 0.382. The molecule has 20 heavy (non-hydrogen) atoms. The quantitative estimate of drug-likeness (QED) is 0.834. The second-order valence-electron chi connectivity index (χ2n) is 3.92. The first-order valence-electron chi connectivity index (χ1n) is 5.49. The maximum absolute atomic E-state index is 12.7. The van der Waals surface area contributed by atoms with Crippen LogP contribution in [-0.2, 0) is 12.7 Å². The van der Waals surface area contributed by atoms with Crippen LogP contribution in [0.1, 0.15) is 16.0 Å². The Bertz CT molecular complexity index is 658. The lowest BCUT2D eigenvalue weighted by molar-refractivity contribution is -0.137. The zero-order chi connectivity index (χ0) is 14.8. The first-order valence-corrected chi connectivity index (χ1v) is 7.16. The lowest BCUT2D eigenvalue weighted by Crippen LogP contribution is -2.08. The highest BCUT2D eigenvalue weighted by Crippen LogP contribution is 2.33. The van der Waals surface area contributed by atoms with E-state index in [2.05, 4.69) is 21.2 Å². The SMILES string of the molecule is N#Cc1cc(NCc2sccc2Br)ccc1C(F)(F)F. The van der Waals surface area contributed by atoms with Crippen LogP contribution in [-0.4, -0.2) is 0 Å². The average Bonchev–Trinajstić information content (AvgIpc) is 2.80. The van der Waals surface area contributed by atoms with E-state index in [4.69, 9.17) is 5.26 Å². The van der Waals surface area contributed by atoms with E-state index in [1.807, 2.05) is 11.4 Å². The molecule has 2 rings (SSSR count). The molecule has 1 N–H and O–H groups in total. The van der Waals surface area contributed by atoms with Crippen LogP contribution in [0.2, 0.25) is 0 Å². The van der Waals surface area contributed by atoms with E-state index < -0.39 is 11.7 Å². The Morgan fingerprint density at radius 2 is 2.05 bits per heavy atom. The third-order valence-corrected chi connectivity index (χ3v) is 4.52. The van der Waals surface area contributed by atoms with Crippen molar-refractivity contribution < 1.29 is 13.2 Å². The molecule has 0 aliphatic carbocycles. The summed E-state index contributed by atoms with van der Waals surface area (Å²) in [5.41, 5.74) is -0.814. The van der Waals surface area contributed by atoms with E-state index >= 15 is 0 Å². The average molecular weight is 361 g/mol. The number of anilines is 1. The van der Waals surface area contributed by atoms with Gasteiger partial charge in [0.15, 0.2) is 0 Å². The van der Waals surface area contributed by atoms with Crippen molar-refractivity contribution in [2.45, 2.75) is 12.7 Å². The number of halogens is 4. The molecule has 0 aliphatic heterocycles. The summed E-state index contributed by atoms with van der Waals surface area (Å²) in [6.45, 7) is 0.481. The van der Waals surface area contributed by atoms with E-state index in [1.54, 1.807) is 6.07 Å². The molecule has 2 nitrogen and oxygen atoms in total. The third-order valence-electron chi connectivity index (χ3n) is 2.59. The highest BCUT2D eigenvalue weighted by atomic mass is 79.9. The van der Waals surface area contributed by atoms with Crippen LogP contribution in [0.25, 0.3) is 0 Å². The summed E-state index contributed by atoms with van der Waals surface area (Å²) in [4.78, 5) is 1.03. The minimum atomic E-state index is -4.51. The summed E-state index contributed by atoms with van der Waals surface area (Å²) in [6.07, 6.45) is -4.51. The molecule has 104 valence electrons. The molecule has 0 atom stereocenters. The third kappa shape index (κ3) is 3.32. The fourth-order valence-corrected chi connectivity index (χ4v) is 3.06. The van der Waals surface area contributed by atoms with Gasteiger partial charge in [-0.2, -0.15) is 18.4 Å². The molecule has 0 amide bonds. The van der Waals surface area contributed by atoms with Crippen LogP contribution in [0.5, 0.6) is 0 Å². The van der Waals surface area contributed by atoms with Crippen molar-refractivity contribution in [1.82, 2.24) is 0 Å². The first kappa shape index (κ1) is 14.9. The van der Waals surface area contributed by atoms with Gasteiger partial charge in [0, 0.05) is 15.0 Å². The Kier molecular flexibility index (Phi) is 4.35. The normalized spacial score (nSPS) is 11.2. The highest BCUT2D eigenvalue weighted by Gasteiger charge is 2.33. The number of nitrogens with one attached hydrogen (secondary N) is 1. The van der Waals surface area contributed by atoms with E-state index in [-0.39, 0.29) is 5.56 Å². The van der Waals surface area contributed by atoms with E-state index in [0.29, 0.717) is 12.2 Å². The van der Waals surface area contributed by atoms with Gasteiger partial charge in [0.1, 0.15) is 0 Å². The van der Waals surface area contributed by atoms with Crippen molar-refractivity contribution in [2.75, 3.05) is 5.32 Å². The number of hydrogen-bond acceptors (Lipinski definition) is 3. The molecule has 1 heterocycles. The monoisotopic (exact) mass is 360 g/mol. The van der Waals surface area contributed by atoms with Crippen molar-refractivity contribution in [3.05, 3.63) is 50.1 Å². The molecular formula is C13H8BrF3N2S. The van der Waals surface area contributed by atoms with Crippen molar-refractivity contribution in [3.63, 3.8) is 0 Å². The second-order valence-corrected chi connectivity index (χ2v) is 5.77. The van der Waals surface area contributed by atoms with E-state index in [1.165, 1.54) is 23.5 Å². The molecule has 1 aromatic carbocycles. The predicted molar refractivity (Wildman–Crippen MR) is 75.5 cm³/mol. The summed E-state index contributed by atoms with van der Waals surface area (Å²) >= 11 is 4.91. The van der Waals surface area contributed by atoms with Crippen LogP contribution in [0.3, 0.4) is 0 Å². The van der Waals surface area contributed by atoms with Gasteiger partial charge < -0.3 is 5.32 Å². The number of benzene rings is 1. The van der Waals surface area contributed by atoms with Crippen LogP contribution >= 0.6 is 27.3 Å². The van der Waals surface area contributed by atoms with E-state index in [0.717, 1.165) is 15.4 Å². The zero-order valence-corrected chi connectivity index (χ0v) is 12.4. The molecule has 0 fully saturated rings. The molecule has 1 aromatic heterocycles. The minimum Gasteiger partial charge on any atom is -0.380 e. The molecule has 0 saturated carbocycles. The molecule has 0 bridgehead atoms. The van der Waals surface area contributed by atoms with Crippen LogP contribution < -0.4 is 5.32 Å². The molecular weight excluding hydrogens is 353 g/mol. The summed E-state index contributed by atoms with van der Waals surface area (Å²) in [6, 6.07) is 6.94. The van der Waals surface area contributed by atoms with Gasteiger partial charge in [-0.15, -0.1) is 11.3 Å². The molecule has 0 unspecified atom stereocenters. The summed E-state index contributed by atoms with van der Waals surface area (Å²) in [5, 5.41) is 13.7. The van der Waals surface area contributed by atoms with Gasteiger partial charge in [-0.25, -0.2) is 0 Å². The number of alkyl halides is 3. The highest BCUT2D eigenvalue weighted by molar-refractivity contribution is 9.10. The van der Waals surface area contributed by atoms with Gasteiger partial charge in [-0.3, -0.25) is 0 Å². The van der Waals surface area contributed by atoms with Crippen LogP contribution in [0.4, 0.5) is 18.9 Å². The van der Waals surface area contributed by atoms with Crippen molar-refractivity contribution in [2.24, 2.45) is 0 Å². The maximum Gasteiger partial charge on any atom is 0.417 e. The first-order chi connectivity index (χ1) is 9.41. The van der Waals surface area contributed by atoms with Crippen molar-refractivity contribution >= 4 is 33.0 Å². The lowest BCUT2D eigenvalue weighted by atomic mass is 10.1. The fourth-order valence-electron chi connectivity index (χ4n) is 1.63. The Hall–Kier alpha value is -1.52. The summed E-state index contributed by atoms with van der Waals surface area (Å²) in [7, 11) is 0. The number of rotatable bonds is 3.